The van der Waals surface area contributed by atoms with Crippen LogP contribution < -0.4 is 20.7 Å². The summed E-state index contributed by atoms with van der Waals surface area (Å²) in [7, 11) is 0. The summed E-state index contributed by atoms with van der Waals surface area (Å²) in [5.41, 5.74) is 0.622. The Labute approximate surface area is 223 Å². The van der Waals surface area contributed by atoms with E-state index >= 15 is 0 Å². The van der Waals surface area contributed by atoms with Crippen LogP contribution in [0, 0.1) is 5.92 Å². The molecule has 1 atom stereocenters. The molecule has 0 bridgehead atoms. The molecule has 0 aliphatic rings. The number of aliphatic hydroxyl groups is 1. The zero-order valence-corrected chi connectivity index (χ0v) is 21.8. The lowest BCUT2D eigenvalue weighted by molar-refractivity contribution is 0.0519. The topological polar surface area (TPSA) is 140 Å². The normalized spacial score (nSPS) is 11.7. The van der Waals surface area contributed by atoms with Crippen LogP contribution in [0.15, 0.2) is 60.7 Å². The van der Waals surface area contributed by atoms with Crippen molar-refractivity contribution in [1.29, 1.82) is 0 Å². The molecule has 11 nitrogen and oxygen atoms in total. The molecule has 0 saturated heterocycles. The molecule has 204 valence electrons. The van der Waals surface area contributed by atoms with Gasteiger partial charge in [0.25, 0.3) is 5.91 Å². The molecule has 0 saturated carbocycles. The maximum absolute atomic E-state index is 12.0. The van der Waals surface area contributed by atoms with E-state index in [0.717, 1.165) is 0 Å². The lowest BCUT2D eigenvalue weighted by Gasteiger charge is -2.20. The van der Waals surface area contributed by atoms with Crippen LogP contribution in [0.2, 0.25) is 0 Å². The molecule has 0 unspecified atom stereocenters. The van der Waals surface area contributed by atoms with Crippen molar-refractivity contribution in [3.05, 3.63) is 66.2 Å². The van der Waals surface area contributed by atoms with Gasteiger partial charge in [0.2, 0.25) is 11.9 Å². The molecule has 38 heavy (non-hydrogen) atoms. The van der Waals surface area contributed by atoms with Gasteiger partial charge in [-0.2, -0.15) is 15.0 Å². The lowest BCUT2D eigenvalue weighted by atomic mass is 10.1. The van der Waals surface area contributed by atoms with Gasteiger partial charge in [-0.05, 0) is 30.2 Å². The maximum Gasteiger partial charge on any atom is 0.328 e. The van der Waals surface area contributed by atoms with Crippen LogP contribution in [0.1, 0.15) is 24.2 Å². The van der Waals surface area contributed by atoms with Gasteiger partial charge in [-0.3, -0.25) is 4.79 Å². The average Bonchev–Trinajstić information content (AvgIpc) is 2.93. The Morgan fingerprint density at radius 3 is 2.13 bits per heavy atom. The third-order valence-corrected chi connectivity index (χ3v) is 5.35. The number of para-hydroxylation sites is 1. The molecule has 4 N–H and O–H groups in total. The largest absolute Gasteiger partial charge is 0.424 e. The number of amides is 1. The molecule has 3 rings (SSSR count). The highest BCUT2D eigenvalue weighted by Gasteiger charge is 2.16. The van der Waals surface area contributed by atoms with E-state index < -0.39 is 0 Å². The first-order valence-electron chi connectivity index (χ1n) is 12.6. The smallest absolute Gasteiger partial charge is 0.328 e. The van der Waals surface area contributed by atoms with Crippen LogP contribution in [0.4, 0.5) is 11.9 Å². The number of ether oxygens (including phenoxy) is 3. The molecule has 0 fully saturated rings. The quantitative estimate of drug-likeness (QED) is 0.195. The fourth-order valence-corrected chi connectivity index (χ4v) is 3.21. The summed E-state index contributed by atoms with van der Waals surface area (Å²) in [6.45, 7) is 6.44. The van der Waals surface area contributed by atoms with E-state index in [1.807, 2.05) is 62.4 Å². The number of benzene rings is 2. The SMILES string of the molecule is CC(C)[C@H](CO)Nc1nc(NCCOCCOCCNC(=O)c2ccccc2)nc(Oc2ccccc2)n1. The van der Waals surface area contributed by atoms with Crippen LogP contribution in [0.25, 0.3) is 0 Å². The second-order valence-electron chi connectivity index (χ2n) is 8.63. The molecule has 1 aromatic heterocycles. The molecule has 2 aromatic carbocycles. The zero-order valence-electron chi connectivity index (χ0n) is 21.8. The van der Waals surface area contributed by atoms with Crippen molar-refractivity contribution < 1.29 is 24.1 Å². The Morgan fingerprint density at radius 1 is 0.842 bits per heavy atom. The van der Waals surface area contributed by atoms with E-state index in [-0.39, 0.29) is 30.5 Å². The number of aliphatic hydroxyl groups excluding tert-OH is 1. The van der Waals surface area contributed by atoms with E-state index in [1.165, 1.54) is 0 Å². The molecule has 0 spiro atoms. The average molecular weight is 525 g/mol. The minimum absolute atomic E-state index is 0.0592. The van der Waals surface area contributed by atoms with Gasteiger partial charge < -0.3 is 35.3 Å². The minimum atomic E-state index is -0.218. The zero-order chi connectivity index (χ0) is 27.0. The molecule has 3 aromatic rings. The summed E-state index contributed by atoms with van der Waals surface area (Å²) in [6, 6.07) is 18.2. The number of carbonyl (C=O) groups excluding carboxylic acids is 1. The highest BCUT2D eigenvalue weighted by atomic mass is 16.5. The second kappa shape index (κ2) is 16.1. The van der Waals surface area contributed by atoms with Gasteiger partial charge in [-0.25, -0.2) is 0 Å². The predicted molar refractivity (Wildman–Crippen MR) is 145 cm³/mol. The number of nitrogens with one attached hydrogen (secondary N) is 3. The lowest BCUT2D eigenvalue weighted by Crippen LogP contribution is -2.30. The van der Waals surface area contributed by atoms with Crippen LogP contribution >= 0.6 is 0 Å². The fraction of sp³-hybridized carbons (Fsp3) is 0.407. The first kappa shape index (κ1) is 28.8. The molecule has 1 amide bonds. The van der Waals surface area contributed by atoms with Gasteiger partial charge in [0.1, 0.15) is 5.75 Å². The number of aromatic nitrogens is 3. The van der Waals surface area contributed by atoms with Gasteiger partial charge in [0, 0.05) is 18.7 Å². The first-order valence-corrected chi connectivity index (χ1v) is 12.6. The minimum Gasteiger partial charge on any atom is -0.424 e. The maximum atomic E-state index is 12.0. The van der Waals surface area contributed by atoms with E-state index in [1.54, 1.807) is 12.1 Å². The molecule has 11 heteroatoms. The standard InChI is InChI=1S/C27H36N6O5/c1-20(2)23(19-34)30-26-31-25(32-27(33-26)38-22-11-7-4-8-12-22)29-14-16-37-18-17-36-15-13-28-24(35)21-9-5-3-6-10-21/h3-12,20,23,34H,13-19H2,1-2H3,(H,28,35)(H2,29,30,31,32,33)/t23-/m0/s1. The van der Waals surface area contributed by atoms with E-state index in [2.05, 4.69) is 30.9 Å². The number of hydrogen-bond donors (Lipinski definition) is 4. The number of hydrogen-bond acceptors (Lipinski definition) is 10. The highest BCUT2D eigenvalue weighted by molar-refractivity contribution is 5.94. The van der Waals surface area contributed by atoms with Crippen LogP contribution in [0.5, 0.6) is 11.8 Å². The summed E-state index contributed by atoms with van der Waals surface area (Å²) in [5, 5.41) is 18.7. The summed E-state index contributed by atoms with van der Waals surface area (Å²) in [4.78, 5) is 25.0. The first-order chi connectivity index (χ1) is 18.5. The Hall–Kier alpha value is -3.80. The molecule has 1 heterocycles. The number of carbonyl (C=O) groups is 1. The van der Waals surface area contributed by atoms with E-state index in [9.17, 15) is 9.90 Å². The fourth-order valence-electron chi connectivity index (χ4n) is 3.21. The van der Waals surface area contributed by atoms with Gasteiger partial charge in [-0.15, -0.1) is 0 Å². The molecule has 0 radical (unpaired) electrons. The molecular weight excluding hydrogens is 488 g/mol. The van der Waals surface area contributed by atoms with Crippen molar-refractivity contribution in [2.24, 2.45) is 5.92 Å². The van der Waals surface area contributed by atoms with Crippen molar-refractivity contribution in [1.82, 2.24) is 20.3 Å². The third-order valence-electron chi connectivity index (χ3n) is 5.35. The summed E-state index contributed by atoms with van der Waals surface area (Å²) < 4.78 is 16.9. The van der Waals surface area contributed by atoms with Gasteiger partial charge in [0.05, 0.1) is 39.1 Å². The Morgan fingerprint density at radius 2 is 1.47 bits per heavy atom. The van der Waals surface area contributed by atoms with Gasteiger partial charge in [-0.1, -0.05) is 50.2 Å². The summed E-state index contributed by atoms with van der Waals surface area (Å²) >= 11 is 0. The Balaban J connectivity index is 1.38. The van der Waals surface area contributed by atoms with E-state index in [0.29, 0.717) is 62.7 Å². The summed E-state index contributed by atoms with van der Waals surface area (Å²) in [5.74, 6) is 1.27. The third kappa shape index (κ3) is 10.3. The van der Waals surface area contributed by atoms with Gasteiger partial charge >= 0.3 is 6.01 Å². The van der Waals surface area contributed by atoms with Crippen molar-refractivity contribution in [3.8, 4) is 11.8 Å². The van der Waals surface area contributed by atoms with Crippen LogP contribution in [-0.4, -0.2) is 78.1 Å². The Bertz CT molecular complexity index is 1090. The van der Waals surface area contributed by atoms with Gasteiger partial charge in [0.15, 0.2) is 0 Å². The molecular formula is C27H36N6O5. The summed E-state index contributed by atoms with van der Waals surface area (Å²) in [6.07, 6.45) is 0. The number of nitrogens with zero attached hydrogens (tertiary/aromatic N) is 3. The van der Waals surface area contributed by atoms with Crippen LogP contribution in [-0.2, 0) is 9.47 Å². The van der Waals surface area contributed by atoms with Crippen molar-refractivity contribution in [3.63, 3.8) is 0 Å². The van der Waals surface area contributed by atoms with Crippen molar-refractivity contribution >= 4 is 17.8 Å². The second-order valence-corrected chi connectivity index (χ2v) is 8.63. The predicted octanol–water partition coefficient (Wildman–Crippen LogP) is 2.97. The molecule has 0 aliphatic carbocycles. The molecule has 0 aliphatic heterocycles. The van der Waals surface area contributed by atoms with Crippen LogP contribution in [0.3, 0.4) is 0 Å². The van der Waals surface area contributed by atoms with Crippen molar-refractivity contribution in [2.75, 3.05) is 56.8 Å². The van der Waals surface area contributed by atoms with E-state index in [4.69, 9.17) is 14.2 Å². The highest BCUT2D eigenvalue weighted by Crippen LogP contribution is 2.20. The Kier molecular flexibility index (Phi) is 12.2. The number of anilines is 2. The number of rotatable bonds is 17. The monoisotopic (exact) mass is 524 g/mol. The van der Waals surface area contributed by atoms with Crippen molar-refractivity contribution in [2.45, 2.75) is 19.9 Å².